The predicted molar refractivity (Wildman–Crippen MR) is 252 cm³/mol. The molecule has 13 aliphatic rings. The molecule has 5 saturated heterocycles. The molecule has 8 bridgehead atoms. The summed E-state index contributed by atoms with van der Waals surface area (Å²) in [6.07, 6.45) is 34.3. The maximum atomic E-state index is 14.2. The van der Waals surface area contributed by atoms with Crippen molar-refractivity contribution in [1.29, 1.82) is 0 Å². The minimum absolute atomic E-state index is 0.0404. The molecule has 8 N–H and O–H groups in total. The third kappa shape index (κ3) is 7.36. The largest absolute Gasteiger partial charge is 0.462 e. The Bertz CT molecular complexity index is 1840. The summed E-state index contributed by atoms with van der Waals surface area (Å²) in [6, 6.07) is 0. The van der Waals surface area contributed by atoms with Crippen LogP contribution in [-0.4, -0.2) is 67.2 Å². The number of ether oxygens (including phenoxy) is 1. The second-order valence-corrected chi connectivity index (χ2v) is 25.5. The zero-order chi connectivity index (χ0) is 43.6. The van der Waals surface area contributed by atoms with Crippen LogP contribution >= 0.6 is 0 Å². The van der Waals surface area contributed by atoms with Gasteiger partial charge < -0.3 is 4.74 Å². The topological polar surface area (TPSA) is 140 Å². The van der Waals surface area contributed by atoms with Gasteiger partial charge in [-0.15, -0.1) is 0 Å². The van der Waals surface area contributed by atoms with Crippen molar-refractivity contribution in [2.75, 3.05) is 0 Å². The summed E-state index contributed by atoms with van der Waals surface area (Å²) in [5, 5.41) is 34.4. The number of hydrogen-bond donors (Lipinski definition) is 8. The molecule has 360 valence electrons. The Morgan fingerprint density at radius 3 is 1.55 bits per heavy atom. The molecule has 0 aromatic heterocycles. The van der Waals surface area contributed by atoms with E-state index in [1.807, 2.05) is 6.08 Å². The molecule has 23 atom stereocenters. The molecule has 7 saturated carbocycles. The third-order valence-electron chi connectivity index (χ3n) is 22.9. The molecule has 0 spiro atoms. The lowest BCUT2D eigenvalue weighted by Crippen LogP contribution is -2.61. The second-order valence-electron chi connectivity index (χ2n) is 25.5. The minimum Gasteiger partial charge on any atom is -0.462 e. The van der Waals surface area contributed by atoms with Gasteiger partial charge in [-0.1, -0.05) is 70.8 Å². The van der Waals surface area contributed by atoms with Crippen molar-refractivity contribution in [3.8, 4) is 0 Å². The zero-order valence-electron chi connectivity index (χ0n) is 40.1. The van der Waals surface area contributed by atoms with Gasteiger partial charge in [-0.3, -0.25) is 52.1 Å². The van der Waals surface area contributed by atoms with E-state index in [1.165, 1.54) is 121 Å². The van der Waals surface area contributed by atoms with Gasteiger partial charge in [0.2, 0.25) is 0 Å². The van der Waals surface area contributed by atoms with E-state index < -0.39 is 0 Å². The van der Waals surface area contributed by atoms with Crippen molar-refractivity contribution in [2.24, 2.45) is 81.8 Å². The van der Waals surface area contributed by atoms with E-state index in [-0.39, 0.29) is 41.4 Å². The van der Waals surface area contributed by atoms with Gasteiger partial charge in [0.25, 0.3) is 0 Å². The summed E-state index contributed by atoms with van der Waals surface area (Å²) < 4.78 is 6.71. The zero-order valence-corrected chi connectivity index (χ0v) is 40.1. The highest BCUT2D eigenvalue weighted by atomic mass is 16.5. The van der Waals surface area contributed by atoms with Crippen molar-refractivity contribution >= 4 is 11.8 Å². The number of ketones is 1. The first-order valence-electron chi connectivity index (χ1n) is 28.2. The number of fused-ring (bicyclic) bond motifs is 25. The highest BCUT2D eigenvalue weighted by Crippen LogP contribution is 2.66. The molecule has 65 heavy (non-hydrogen) atoms. The van der Waals surface area contributed by atoms with Crippen molar-refractivity contribution in [1.82, 2.24) is 42.5 Å². The number of carbonyl (C=O) groups excluding carboxylic acids is 2. The third-order valence-corrected chi connectivity index (χ3v) is 22.9. The van der Waals surface area contributed by atoms with E-state index in [4.69, 9.17) is 4.74 Å². The van der Waals surface area contributed by atoms with Crippen LogP contribution < -0.4 is 42.5 Å². The summed E-state index contributed by atoms with van der Waals surface area (Å²) in [4.78, 5) is 26.6. The first-order chi connectivity index (χ1) is 31.7. The molecule has 0 amide bonds. The molecule has 5 heterocycles. The molecule has 17 unspecified atom stereocenters. The Kier molecular flexibility index (Phi) is 11.5. The van der Waals surface area contributed by atoms with Gasteiger partial charge in [-0.05, 0) is 179 Å². The highest BCUT2D eigenvalue weighted by Gasteiger charge is 2.61. The first-order valence-corrected chi connectivity index (χ1v) is 28.2. The van der Waals surface area contributed by atoms with E-state index in [0.717, 1.165) is 32.1 Å². The van der Waals surface area contributed by atoms with Gasteiger partial charge in [0.05, 0.1) is 49.3 Å². The van der Waals surface area contributed by atoms with Crippen molar-refractivity contribution in [2.45, 2.75) is 230 Å². The Morgan fingerprint density at radius 2 is 1.02 bits per heavy atom. The molecular formula is C54H86N8O3. The lowest BCUT2D eigenvalue weighted by Gasteiger charge is -2.57. The molecule has 0 aromatic rings. The average Bonchev–Trinajstić information content (AvgIpc) is 4.12. The minimum atomic E-state index is 0.0404. The van der Waals surface area contributed by atoms with Crippen LogP contribution in [0.3, 0.4) is 0 Å². The lowest BCUT2D eigenvalue weighted by atomic mass is 9.47. The fourth-order valence-corrected chi connectivity index (χ4v) is 19.8. The van der Waals surface area contributed by atoms with Crippen LogP contribution in [0.2, 0.25) is 0 Å². The SMILES string of the molecule is C[C@]12CC[C@H]3[C@@H](CCC4=CC(=O)CC[C@@]43C)[C@@H]1CC[C@@H]2OC(=O)CCC1CCCC2C3NC4NC(NC5NC(NC6NC(NC(N3)C12)C1CCCCC61)C1CCCCC51)C1CCCCC41. The van der Waals surface area contributed by atoms with Crippen LogP contribution in [0, 0.1) is 81.8 Å². The van der Waals surface area contributed by atoms with E-state index in [1.54, 1.807) is 0 Å². The van der Waals surface area contributed by atoms with Crippen LogP contribution in [0.4, 0.5) is 0 Å². The van der Waals surface area contributed by atoms with Crippen LogP contribution in [0.5, 0.6) is 0 Å². The Morgan fingerprint density at radius 1 is 0.523 bits per heavy atom. The van der Waals surface area contributed by atoms with Crippen LogP contribution in [0.1, 0.15) is 174 Å². The number of esters is 1. The number of carbonyl (C=O) groups is 2. The normalized spacial score (nSPS) is 54.5. The fraction of sp³-hybridized carbons (Fsp3) is 0.926. The van der Waals surface area contributed by atoms with E-state index in [0.29, 0.717) is 120 Å². The average molecular weight is 895 g/mol. The van der Waals surface area contributed by atoms with Gasteiger partial charge in [0.15, 0.2) is 5.78 Å². The van der Waals surface area contributed by atoms with Crippen molar-refractivity contribution < 1.29 is 14.3 Å². The van der Waals surface area contributed by atoms with Crippen molar-refractivity contribution in [3.63, 3.8) is 0 Å². The number of hydrogen-bond acceptors (Lipinski definition) is 11. The molecule has 8 aliphatic carbocycles. The van der Waals surface area contributed by atoms with Crippen LogP contribution in [0.25, 0.3) is 0 Å². The Hall–Kier alpha value is -1.44. The molecule has 11 nitrogen and oxygen atoms in total. The van der Waals surface area contributed by atoms with Crippen LogP contribution in [0.15, 0.2) is 11.6 Å². The molecular weight excluding hydrogens is 809 g/mol. The number of rotatable bonds is 4. The quantitative estimate of drug-likeness (QED) is 0.138. The maximum Gasteiger partial charge on any atom is 0.306 e. The Labute approximate surface area is 390 Å². The van der Waals surface area contributed by atoms with Gasteiger partial charge in [0.1, 0.15) is 6.10 Å². The summed E-state index contributed by atoms with van der Waals surface area (Å²) in [5.41, 5.74) is 1.69. The molecule has 13 rings (SSSR count). The van der Waals surface area contributed by atoms with Gasteiger partial charge in [-0.2, -0.15) is 0 Å². The second kappa shape index (κ2) is 17.2. The first kappa shape index (κ1) is 43.6. The maximum absolute atomic E-state index is 14.2. The standard InChI is InChI=1S/C54H86N8O3/c1-53-26-24-31(63)28-30(53)19-20-38-40-21-22-42(54(40,2)27-25-41(38)53)65-43(64)23-18-29-10-9-17-39-44(29)52-61-50-37-16-8-7-15-36(37)48(59-50)57-46-33-12-4-3-11-32(33)45(55-46)56-47-34-13-5-6-14-35(34)49(58-47)60-51(39)62-52/h28-29,32-42,44-52,55-62H,3-27H2,1-2H3/t29?,32?,33?,34?,35?,36?,37?,38-,39?,40-,41-,42-,44?,45?,46?,47?,48?,49?,50?,51?,52?,53-,54-/m0/s1. The van der Waals surface area contributed by atoms with E-state index in [9.17, 15) is 9.59 Å². The van der Waals surface area contributed by atoms with E-state index >= 15 is 0 Å². The molecule has 12 fully saturated rings. The summed E-state index contributed by atoms with van der Waals surface area (Å²) >= 11 is 0. The van der Waals surface area contributed by atoms with Gasteiger partial charge in [0, 0.05) is 18.3 Å². The van der Waals surface area contributed by atoms with Gasteiger partial charge in [-0.25, -0.2) is 0 Å². The van der Waals surface area contributed by atoms with Crippen molar-refractivity contribution in [3.05, 3.63) is 11.6 Å². The smallest absolute Gasteiger partial charge is 0.306 e. The summed E-state index contributed by atoms with van der Waals surface area (Å²) in [7, 11) is 0. The predicted octanol–water partition coefficient (Wildman–Crippen LogP) is 7.06. The summed E-state index contributed by atoms with van der Waals surface area (Å²) in [5.74, 6) is 7.84. The number of nitrogens with one attached hydrogen (secondary N) is 8. The molecule has 0 aromatic carbocycles. The lowest BCUT2D eigenvalue weighted by molar-refractivity contribution is -0.160. The highest BCUT2D eigenvalue weighted by molar-refractivity contribution is 5.91. The van der Waals surface area contributed by atoms with Crippen LogP contribution in [-0.2, 0) is 14.3 Å². The monoisotopic (exact) mass is 895 g/mol. The fourth-order valence-electron chi connectivity index (χ4n) is 19.8. The number of allylic oxidation sites excluding steroid dienone is 1. The molecule has 5 aliphatic heterocycles. The Balaban J connectivity index is 0.728. The molecule has 0 radical (unpaired) electrons. The van der Waals surface area contributed by atoms with Gasteiger partial charge >= 0.3 is 5.97 Å². The summed E-state index contributed by atoms with van der Waals surface area (Å²) in [6.45, 7) is 4.96. The molecule has 11 heteroatoms. The van der Waals surface area contributed by atoms with E-state index in [2.05, 4.69) is 56.4 Å².